The molecule has 2 amide bonds. The molecule has 3 rings (SSSR count). The van der Waals surface area contributed by atoms with E-state index in [1.165, 1.54) is 18.0 Å². The smallest absolute Gasteiger partial charge is 0.273 e. The van der Waals surface area contributed by atoms with Crippen molar-refractivity contribution in [1.29, 1.82) is 0 Å². The number of nitrogens with one attached hydrogen (secondary N) is 2. The topological polar surface area (TPSA) is 83.5 Å². The first-order valence-electron chi connectivity index (χ1n) is 8.75. The third-order valence-corrected chi connectivity index (χ3v) is 4.27. The van der Waals surface area contributed by atoms with Crippen LogP contribution in [0.3, 0.4) is 0 Å². The van der Waals surface area contributed by atoms with Crippen molar-refractivity contribution in [1.82, 2.24) is 10.4 Å². The second kappa shape index (κ2) is 8.73. The normalized spacial score (nSPS) is 10.6. The molecule has 0 saturated carbocycles. The lowest BCUT2D eigenvalue weighted by Gasteiger charge is -2.10. The molecular weight excluding hydrogens is 352 g/mol. The summed E-state index contributed by atoms with van der Waals surface area (Å²) >= 11 is 0. The lowest BCUT2D eigenvalue weighted by molar-refractivity contribution is 0.0956. The summed E-state index contributed by atoms with van der Waals surface area (Å²) in [6, 6.07) is 15.9. The van der Waals surface area contributed by atoms with Crippen LogP contribution in [0.2, 0.25) is 0 Å². The minimum atomic E-state index is -0.411. The van der Waals surface area contributed by atoms with E-state index in [4.69, 9.17) is 0 Å². The molecular formula is C22H20N4O2. The molecule has 0 radical (unpaired) electrons. The summed E-state index contributed by atoms with van der Waals surface area (Å²) in [4.78, 5) is 28.7. The van der Waals surface area contributed by atoms with Crippen molar-refractivity contribution in [3.05, 3.63) is 94.8 Å². The largest absolute Gasteiger partial charge is 0.321 e. The minimum Gasteiger partial charge on any atom is -0.321 e. The third kappa shape index (κ3) is 4.67. The zero-order chi connectivity index (χ0) is 19.9. The van der Waals surface area contributed by atoms with Crippen LogP contribution < -0.4 is 10.7 Å². The molecule has 140 valence electrons. The van der Waals surface area contributed by atoms with Gasteiger partial charge in [-0.25, -0.2) is 5.43 Å². The Morgan fingerprint density at radius 1 is 0.929 bits per heavy atom. The predicted molar refractivity (Wildman–Crippen MR) is 110 cm³/mol. The van der Waals surface area contributed by atoms with Gasteiger partial charge in [-0.15, -0.1) is 0 Å². The van der Waals surface area contributed by atoms with Crippen molar-refractivity contribution in [2.45, 2.75) is 13.8 Å². The van der Waals surface area contributed by atoms with E-state index in [1.807, 2.05) is 32.0 Å². The zero-order valence-corrected chi connectivity index (χ0v) is 15.6. The molecule has 2 aromatic carbocycles. The number of carbonyl (C=O) groups is 2. The van der Waals surface area contributed by atoms with Crippen LogP contribution in [0.15, 0.2) is 72.1 Å². The van der Waals surface area contributed by atoms with Crippen molar-refractivity contribution in [3.63, 3.8) is 0 Å². The Bertz CT molecular complexity index is 1030. The van der Waals surface area contributed by atoms with Crippen LogP contribution in [-0.2, 0) is 0 Å². The molecule has 28 heavy (non-hydrogen) atoms. The highest BCUT2D eigenvalue weighted by Crippen LogP contribution is 2.16. The zero-order valence-electron chi connectivity index (χ0n) is 15.6. The molecule has 6 heteroatoms. The summed E-state index contributed by atoms with van der Waals surface area (Å²) in [6.07, 6.45) is 4.66. The highest BCUT2D eigenvalue weighted by Gasteiger charge is 2.13. The lowest BCUT2D eigenvalue weighted by Crippen LogP contribution is -2.21. The van der Waals surface area contributed by atoms with Crippen molar-refractivity contribution in [2.24, 2.45) is 5.10 Å². The summed E-state index contributed by atoms with van der Waals surface area (Å²) in [5.74, 6) is -0.730. The predicted octanol–water partition coefficient (Wildman–Crippen LogP) is 3.71. The molecule has 0 aliphatic heterocycles. The van der Waals surface area contributed by atoms with Gasteiger partial charge in [0.25, 0.3) is 11.8 Å². The van der Waals surface area contributed by atoms with E-state index in [0.717, 1.165) is 11.1 Å². The SMILES string of the molecule is Cc1ccc(/C=N/NC(=O)c2ccccc2NC(=O)c2ccncc2)cc1C. The minimum absolute atomic E-state index is 0.318. The second-order valence-electron chi connectivity index (χ2n) is 6.28. The van der Waals surface area contributed by atoms with Gasteiger partial charge in [0.2, 0.25) is 0 Å². The molecule has 2 N–H and O–H groups in total. The van der Waals surface area contributed by atoms with Crippen molar-refractivity contribution >= 4 is 23.7 Å². The van der Waals surface area contributed by atoms with E-state index < -0.39 is 5.91 Å². The number of nitrogens with zero attached hydrogens (tertiary/aromatic N) is 2. The van der Waals surface area contributed by atoms with Gasteiger partial charge in [-0.3, -0.25) is 14.6 Å². The van der Waals surface area contributed by atoms with E-state index in [-0.39, 0.29) is 5.91 Å². The Kier molecular flexibility index (Phi) is 5.91. The molecule has 0 bridgehead atoms. The van der Waals surface area contributed by atoms with Crippen LogP contribution in [0.5, 0.6) is 0 Å². The highest BCUT2D eigenvalue weighted by molar-refractivity contribution is 6.09. The monoisotopic (exact) mass is 372 g/mol. The number of hydrogen-bond donors (Lipinski definition) is 2. The Balaban J connectivity index is 1.71. The molecule has 0 spiro atoms. The maximum absolute atomic E-state index is 12.5. The lowest BCUT2D eigenvalue weighted by atomic mass is 10.1. The van der Waals surface area contributed by atoms with E-state index in [2.05, 4.69) is 20.8 Å². The number of benzene rings is 2. The van der Waals surface area contributed by atoms with Crippen molar-refractivity contribution in [2.75, 3.05) is 5.32 Å². The number of pyridine rings is 1. The first-order valence-corrected chi connectivity index (χ1v) is 8.75. The first-order chi connectivity index (χ1) is 13.5. The van der Waals surface area contributed by atoms with Gasteiger partial charge in [0.15, 0.2) is 0 Å². The quantitative estimate of drug-likeness (QED) is 0.529. The Morgan fingerprint density at radius 3 is 2.43 bits per heavy atom. The van der Waals surface area contributed by atoms with Gasteiger partial charge in [0.1, 0.15) is 0 Å². The summed E-state index contributed by atoms with van der Waals surface area (Å²) < 4.78 is 0. The Labute approximate surface area is 163 Å². The number of hydrogen-bond acceptors (Lipinski definition) is 4. The van der Waals surface area contributed by atoms with Crippen molar-refractivity contribution < 1.29 is 9.59 Å². The van der Waals surface area contributed by atoms with Crippen LogP contribution >= 0.6 is 0 Å². The highest BCUT2D eigenvalue weighted by atomic mass is 16.2. The fourth-order valence-corrected chi connectivity index (χ4v) is 2.56. The Morgan fingerprint density at radius 2 is 1.68 bits per heavy atom. The molecule has 0 atom stereocenters. The van der Waals surface area contributed by atoms with Gasteiger partial charge in [0.05, 0.1) is 17.5 Å². The molecule has 3 aromatic rings. The van der Waals surface area contributed by atoms with Gasteiger partial charge in [-0.1, -0.05) is 30.3 Å². The number of hydrazone groups is 1. The average Bonchev–Trinajstić information content (AvgIpc) is 2.71. The van der Waals surface area contributed by atoms with Crippen LogP contribution in [0, 0.1) is 13.8 Å². The maximum atomic E-state index is 12.5. The number of aryl methyl sites for hydroxylation is 2. The molecule has 0 aliphatic carbocycles. The summed E-state index contributed by atoms with van der Waals surface area (Å²) in [6.45, 7) is 4.06. The number of carbonyl (C=O) groups excluding carboxylic acids is 2. The van der Waals surface area contributed by atoms with Gasteiger partial charge in [0, 0.05) is 18.0 Å². The van der Waals surface area contributed by atoms with Crippen LogP contribution in [0.1, 0.15) is 37.4 Å². The summed E-state index contributed by atoms with van der Waals surface area (Å²) in [5.41, 5.74) is 6.93. The van der Waals surface area contributed by atoms with Crippen molar-refractivity contribution in [3.8, 4) is 0 Å². The van der Waals surface area contributed by atoms with Gasteiger partial charge >= 0.3 is 0 Å². The summed E-state index contributed by atoms with van der Waals surface area (Å²) in [7, 11) is 0. The average molecular weight is 372 g/mol. The fraction of sp³-hybridized carbons (Fsp3) is 0.0909. The number of para-hydroxylation sites is 1. The third-order valence-electron chi connectivity index (χ3n) is 4.27. The number of amides is 2. The fourth-order valence-electron chi connectivity index (χ4n) is 2.56. The van der Waals surface area contributed by atoms with Gasteiger partial charge < -0.3 is 5.32 Å². The van der Waals surface area contributed by atoms with E-state index in [9.17, 15) is 9.59 Å². The van der Waals surface area contributed by atoms with Gasteiger partial charge in [-0.05, 0) is 54.8 Å². The molecule has 1 aromatic heterocycles. The Hall–Kier alpha value is -3.80. The molecule has 0 aliphatic rings. The maximum Gasteiger partial charge on any atom is 0.273 e. The second-order valence-corrected chi connectivity index (χ2v) is 6.28. The molecule has 6 nitrogen and oxygen atoms in total. The van der Waals surface area contributed by atoms with Crippen LogP contribution in [0.25, 0.3) is 0 Å². The summed E-state index contributed by atoms with van der Waals surface area (Å²) in [5, 5.41) is 6.77. The number of aromatic nitrogens is 1. The molecule has 0 unspecified atom stereocenters. The number of rotatable bonds is 5. The molecule has 0 fully saturated rings. The van der Waals surface area contributed by atoms with Crippen LogP contribution in [0.4, 0.5) is 5.69 Å². The van der Waals surface area contributed by atoms with E-state index in [0.29, 0.717) is 16.8 Å². The molecule has 0 saturated heterocycles. The van der Waals surface area contributed by atoms with E-state index in [1.54, 1.807) is 42.6 Å². The van der Waals surface area contributed by atoms with Crippen LogP contribution in [-0.4, -0.2) is 23.0 Å². The van der Waals surface area contributed by atoms with E-state index >= 15 is 0 Å². The number of anilines is 1. The molecule has 1 heterocycles. The van der Waals surface area contributed by atoms with Gasteiger partial charge in [-0.2, -0.15) is 5.10 Å². The first kappa shape index (κ1) is 19.0. The standard InChI is InChI=1S/C22H20N4O2/c1-15-7-8-17(13-16(15)2)14-24-26-22(28)19-5-3-4-6-20(19)25-21(27)18-9-11-23-12-10-18/h3-14H,1-2H3,(H,25,27)(H,26,28)/b24-14+.